The van der Waals surface area contributed by atoms with Crippen molar-refractivity contribution in [3.05, 3.63) is 50.2 Å². The molecule has 2 rings (SSSR count). The second-order valence-electron chi connectivity index (χ2n) is 4.61. The van der Waals surface area contributed by atoms with Crippen LogP contribution in [0.5, 0.6) is 0 Å². The lowest BCUT2D eigenvalue weighted by molar-refractivity contribution is -0.385. The van der Waals surface area contributed by atoms with E-state index < -0.39 is 0 Å². The van der Waals surface area contributed by atoms with Gasteiger partial charge in [0.05, 0.1) is 28.9 Å². The summed E-state index contributed by atoms with van der Waals surface area (Å²) in [5, 5.41) is 22.4. The van der Waals surface area contributed by atoms with E-state index in [0.717, 1.165) is 18.7 Å². The van der Waals surface area contributed by atoms with Crippen LogP contribution in [0, 0.1) is 10.1 Å². The Kier molecular flexibility index (Phi) is 5.40. The standard InChI is InChI=1S/C13H16BrN5O2/c1-2-5-15-7-12-9-18(17-16-12)8-10-3-4-11(14)6-13(10)19(20)21/h3-4,6,9,15H,2,5,7-8H2,1H3. The topological polar surface area (TPSA) is 85.9 Å². The van der Waals surface area contributed by atoms with E-state index in [-0.39, 0.29) is 10.6 Å². The molecular formula is C13H16BrN5O2. The second-order valence-corrected chi connectivity index (χ2v) is 5.53. The van der Waals surface area contributed by atoms with Crippen LogP contribution >= 0.6 is 15.9 Å². The molecule has 7 nitrogen and oxygen atoms in total. The molecule has 1 aromatic heterocycles. The van der Waals surface area contributed by atoms with Crippen molar-refractivity contribution in [1.29, 1.82) is 0 Å². The Morgan fingerprint density at radius 1 is 1.48 bits per heavy atom. The Bertz CT molecular complexity index is 629. The van der Waals surface area contributed by atoms with Crippen molar-refractivity contribution in [2.75, 3.05) is 6.54 Å². The van der Waals surface area contributed by atoms with Crippen molar-refractivity contribution in [2.45, 2.75) is 26.4 Å². The van der Waals surface area contributed by atoms with Gasteiger partial charge in [0.2, 0.25) is 0 Å². The first-order valence-corrected chi connectivity index (χ1v) is 7.42. The highest BCUT2D eigenvalue weighted by molar-refractivity contribution is 9.10. The molecule has 1 aromatic carbocycles. The number of rotatable bonds is 7. The van der Waals surface area contributed by atoms with E-state index in [4.69, 9.17) is 0 Å². The molecule has 0 amide bonds. The Hall–Kier alpha value is -1.80. The van der Waals surface area contributed by atoms with Crippen LogP contribution in [-0.2, 0) is 13.1 Å². The van der Waals surface area contributed by atoms with E-state index in [1.165, 1.54) is 6.07 Å². The van der Waals surface area contributed by atoms with Gasteiger partial charge in [-0.1, -0.05) is 28.1 Å². The van der Waals surface area contributed by atoms with Gasteiger partial charge in [0.25, 0.3) is 5.69 Å². The summed E-state index contributed by atoms with van der Waals surface area (Å²) in [5.74, 6) is 0. The second kappa shape index (κ2) is 7.28. The lowest BCUT2D eigenvalue weighted by atomic mass is 10.2. The number of nitro groups is 1. The highest BCUT2D eigenvalue weighted by Crippen LogP contribution is 2.24. The van der Waals surface area contributed by atoms with E-state index in [0.29, 0.717) is 23.1 Å². The van der Waals surface area contributed by atoms with Crippen molar-refractivity contribution < 1.29 is 4.92 Å². The SMILES string of the molecule is CCCNCc1cn(Cc2ccc(Br)cc2[N+](=O)[O-])nn1. The number of aromatic nitrogens is 3. The van der Waals surface area contributed by atoms with Crippen LogP contribution in [0.4, 0.5) is 5.69 Å². The quantitative estimate of drug-likeness (QED) is 0.469. The molecule has 0 bridgehead atoms. The van der Waals surface area contributed by atoms with Crippen molar-refractivity contribution >= 4 is 21.6 Å². The molecule has 0 aliphatic heterocycles. The molecule has 0 aliphatic carbocycles. The molecule has 0 saturated carbocycles. The Balaban J connectivity index is 2.10. The zero-order valence-corrected chi connectivity index (χ0v) is 13.2. The van der Waals surface area contributed by atoms with Crippen LogP contribution in [0.15, 0.2) is 28.9 Å². The van der Waals surface area contributed by atoms with E-state index in [1.54, 1.807) is 23.0 Å². The fourth-order valence-electron chi connectivity index (χ4n) is 1.91. The molecule has 0 saturated heterocycles. The van der Waals surface area contributed by atoms with Gasteiger partial charge in [-0.2, -0.15) is 0 Å². The van der Waals surface area contributed by atoms with Crippen molar-refractivity contribution in [3.63, 3.8) is 0 Å². The van der Waals surface area contributed by atoms with Crippen molar-refractivity contribution in [1.82, 2.24) is 20.3 Å². The zero-order chi connectivity index (χ0) is 15.2. The molecule has 0 aliphatic rings. The third-order valence-corrected chi connectivity index (χ3v) is 3.39. The van der Waals surface area contributed by atoms with Crippen molar-refractivity contribution in [2.24, 2.45) is 0 Å². The minimum atomic E-state index is -0.388. The summed E-state index contributed by atoms with van der Waals surface area (Å²) >= 11 is 3.24. The molecule has 0 unspecified atom stereocenters. The number of hydrogen-bond acceptors (Lipinski definition) is 5. The zero-order valence-electron chi connectivity index (χ0n) is 11.6. The molecule has 0 fully saturated rings. The summed E-state index contributed by atoms with van der Waals surface area (Å²) in [6.45, 7) is 3.99. The molecule has 1 heterocycles. The van der Waals surface area contributed by atoms with Gasteiger partial charge in [-0.25, -0.2) is 4.68 Å². The minimum absolute atomic E-state index is 0.0746. The van der Waals surface area contributed by atoms with Crippen LogP contribution < -0.4 is 5.32 Å². The number of halogens is 1. The van der Waals surface area contributed by atoms with Crippen molar-refractivity contribution in [3.8, 4) is 0 Å². The fraction of sp³-hybridized carbons (Fsp3) is 0.385. The van der Waals surface area contributed by atoms with Crippen LogP contribution in [0.3, 0.4) is 0 Å². The van der Waals surface area contributed by atoms with Crippen LogP contribution in [-0.4, -0.2) is 26.5 Å². The Morgan fingerprint density at radius 2 is 2.29 bits per heavy atom. The van der Waals surface area contributed by atoms with E-state index in [9.17, 15) is 10.1 Å². The number of nitro benzene ring substituents is 1. The van der Waals surface area contributed by atoms with Gasteiger partial charge in [0.1, 0.15) is 0 Å². The molecule has 1 N–H and O–H groups in total. The summed E-state index contributed by atoms with van der Waals surface area (Å²) in [7, 11) is 0. The number of nitrogens with one attached hydrogen (secondary N) is 1. The van der Waals surface area contributed by atoms with E-state index in [1.807, 2.05) is 0 Å². The number of hydrogen-bond donors (Lipinski definition) is 1. The Labute approximate surface area is 130 Å². The molecule has 21 heavy (non-hydrogen) atoms. The van der Waals surface area contributed by atoms with Crippen LogP contribution in [0.1, 0.15) is 24.6 Å². The highest BCUT2D eigenvalue weighted by Gasteiger charge is 2.15. The predicted octanol–water partition coefficient (Wildman–Crippen LogP) is 2.50. The maximum Gasteiger partial charge on any atom is 0.275 e. The molecule has 0 spiro atoms. The molecule has 2 aromatic rings. The average molecular weight is 354 g/mol. The molecule has 0 radical (unpaired) electrons. The largest absolute Gasteiger partial charge is 0.311 e. The van der Waals surface area contributed by atoms with Gasteiger partial charge in [0.15, 0.2) is 0 Å². The average Bonchev–Trinajstić information content (AvgIpc) is 2.88. The first-order valence-electron chi connectivity index (χ1n) is 6.62. The normalized spacial score (nSPS) is 10.8. The summed E-state index contributed by atoms with van der Waals surface area (Å²) in [4.78, 5) is 10.7. The summed E-state index contributed by atoms with van der Waals surface area (Å²) in [6.07, 6.45) is 2.85. The van der Waals surface area contributed by atoms with E-state index >= 15 is 0 Å². The van der Waals surface area contributed by atoms with Gasteiger partial charge in [-0.15, -0.1) is 5.10 Å². The van der Waals surface area contributed by atoms with Gasteiger partial charge >= 0.3 is 0 Å². The van der Waals surface area contributed by atoms with Gasteiger partial charge < -0.3 is 5.32 Å². The first kappa shape index (κ1) is 15.6. The predicted molar refractivity (Wildman–Crippen MR) is 81.9 cm³/mol. The van der Waals surface area contributed by atoms with E-state index in [2.05, 4.69) is 38.5 Å². The smallest absolute Gasteiger partial charge is 0.275 e. The van der Waals surface area contributed by atoms with Gasteiger partial charge in [0, 0.05) is 17.1 Å². The van der Waals surface area contributed by atoms with Crippen LogP contribution in [0.25, 0.3) is 0 Å². The minimum Gasteiger partial charge on any atom is -0.311 e. The Morgan fingerprint density at radius 3 is 3.00 bits per heavy atom. The molecule has 112 valence electrons. The number of benzene rings is 1. The third-order valence-electron chi connectivity index (χ3n) is 2.90. The maximum absolute atomic E-state index is 11.1. The van der Waals surface area contributed by atoms with Gasteiger partial charge in [-0.05, 0) is 25.1 Å². The maximum atomic E-state index is 11.1. The fourth-order valence-corrected chi connectivity index (χ4v) is 2.25. The lowest BCUT2D eigenvalue weighted by Crippen LogP contribution is -2.13. The highest BCUT2D eigenvalue weighted by atomic mass is 79.9. The van der Waals surface area contributed by atoms with Gasteiger partial charge in [-0.3, -0.25) is 10.1 Å². The van der Waals surface area contributed by atoms with Crippen LogP contribution in [0.2, 0.25) is 0 Å². The third kappa shape index (κ3) is 4.33. The monoisotopic (exact) mass is 353 g/mol. The summed E-state index contributed by atoms with van der Waals surface area (Å²) < 4.78 is 2.29. The first-order chi connectivity index (χ1) is 10.1. The summed E-state index contributed by atoms with van der Waals surface area (Å²) in [6, 6.07) is 5.00. The number of nitrogens with zero attached hydrogens (tertiary/aromatic N) is 4. The molecule has 0 atom stereocenters. The molecule has 8 heteroatoms. The summed E-state index contributed by atoms with van der Waals surface area (Å²) in [5.41, 5.74) is 1.50. The molecular weight excluding hydrogens is 338 g/mol. The lowest BCUT2D eigenvalue weighted by Gasteiger charge is -2.03.